The van der Waals surface area contributed by atoms with Gasteiger partial charge in [-0.3, -0.25) is 0 Å². The average molecular weight is 329 g/mol. The number of hydrogen-bond donors (Lipinski definition) is 0. The molecule has 0 spiro atoms. The van der Waals surface area contributed by atoms with Crippen molar-refractivity contribution in [2.24, 2.45) is 0 Å². The Labute approximate surface area is 114 Å². The molecular weight excluding hydrogens is 319 g/mol. The zero-order chi connectivity index (χ0) is 15.1. The lowest BCUT2D eigenvalue weighted by atomic mass is 10.3. The number of alkyl halides is 1. The molecule has 2 rings (SSSR count). The Morgan fingerprint density at radius 3 is 2.35 bits per heavy atom. The van der Waals surface area contributed by atoms with E-state index in [1.165, 1.54) is 0 Å². The van der Waals surface area contributed by atoms with Gasteiger partial charge in [0.25, 0.3) is 0 Å². The molecule has 1 fully saturated rings. The largest absolute Gasteiger partial charge is 0.335 e. The lowest BCUT2D eigenvalue weighted by Crippen LogP contribution is -2.29. The molecule has 1 aliphatic rings. The van der Waals surface area contributed by atoms with E-state index in [0.29, 0.717) is 12.1 Å². The lowest BCUT2D eigenvalue weighted by molar-refractivity contribution is 0.343. The minimum Gasteiger partial charge on any atom is -0.246 e. The molecule has 0 aromatic heterocycles. The number of halogens is 3. The van der Waals surface area contributed by atoms with Gasteiger partial charge < -0.3 is 0 Å². The number of sulfonamides is 1. The van der Waals surface area contributed by atoms with Crippen LogP contribution in [-0.4, -0.2) is 40.4 Å². The average Bonchev–Trinajstić information content (AvgIpc) is 2.75. The molecular formula is C10H10F3NO4S2. The molecule has 1 saturated heterocycles. The molecule has 0 radical (unpaired) electrons. The summed E-state index contributed by atoms with van der Waals surface area (Å²) in [5, 5.41) is 0. The van der Waals surface area contributed by atoms with Gasteiger partial charge in [-0.05, 0) is 24.6 Å². The first-order valence-electron chi connectivity index (χ1n) is 5.51. The van der Waals surface area contributed by atoms with Gasteiger partial charge >= 0.3 is 10.2 Å². The molecule has 0 bridgehead atoms. The maximum atomic E-state index is 13.2. The second kappa shape index (κ2) is 5.01. The second-order valence-electron chi connectivity index (χ2n) is 4.28. The van der Waals surface area contributed by atoms with Gasteiger partial charge in [-0.2, -0.15) is 12.7 Å². The minimum absolute atomic E-state index is 0.0225. The summed E-state index contributed by atoms with van der Waals surface area (Å²) in [6.45, 7) is -0.435. The molecule has 1 aromatic carbocycles. The Bertz CT molecular complexity index is 733. The topological polar surface area (TPSA) is 71.5 Å². The van der Waals surface area contributed by atoms with Crippen LogP contribution in [-0.2, 0) is 20.2 Å². The minimum atomic E-state index is -5.38. The first kappa shape index (κ1) is 15.3. The van der Waals surface area contributed by atoms with Crippen LogP contribution in [0.5, 0.6) is 0 Å². The van der Waals surface area contributed by atoms with Crippen molar-refractivity contribution >= 4 is 20.2 Å². The summed E-state index contributed by atoms with van der Waals surface area (Å²) in [7, 11) is -9.56. The Balaban J connectivity index is 2.48. The first-order valence-corrected chi connectivity index (χ1v) is 8.33. The van der Waals surface area contributed by atoms with Gasteiger partial charge in [0.15, 0.2) is 0 Å². The van der Waals surface area contributed by atoms with E-state index in [0.717, 1.165) is 10.4 Å². The molecule has 0 unspecified atom stereocenters. The Morgan fingerprint density at radius 2 is 1.85 bits per heavy atom. The number of rotatable bonds is 3. The van der Waals surface area contributed by atoms with Gasteiger partial charge in [0.05, 0.1) is 4.90 Å². The van der Waals surface area contributed by atoms with Crippen molar-refractivity contribution in [1.82, 2.24) is 4.31 Å². The van der Waals surface area contributed by atoms with Crippen molar-refractivity contribution in [2.45, 2.75) is 22.4 Å². The predicted octanol–water partition coefficient (Wildman–Crippen LogP) is 1.22. The normalized spacial score (nSPS) is 21.2. The summed E-state index contributed by atoms with van der Waals surface area (Å²) in [5.41, 5.74) is 0. The van der Waals surface area contributed by atoms with Crippen molar-refractivity contribution in [3.8, 4) is 0 Å². The van der Waals surface area contributed by atoms with E-state index in [-0.39, 0.29) is 19.5 Å². The van der Waals surface area contributed by atoms with E-state index in [2.05, 4.69) is 0 Å². The summed E-state index contributed by atoms with van der Waals surface area (Å²) in [4.78, 5) is -1.95. The van der Waals surface area contributed by atoms with E-state index in [1.807, 2.05) is 0 Å². The number of nitrogens with zero attached hydrogens (tertiary/aromatic N) is 1. The molecule has 5 nitrogen and oxygen atoms in total. The van der Waals surface area contributed by atoms with Crippen molar-refractivity contribution in [3.05, 3.63) is 24.0 Å². The van der Waals surface area contributed by atoms with E-state index < -0.39 is 42.0 Å². The fourth-order valence-electron chi connectivity index (χ4n) is 1.89. The Hall–Kier alpha value is -1.13. The highest BCUT2D eigenvalue weighted by molar-refractivity contribution is 7.89. The number of hydrogen-bond acceptors (Lipinski definition) is 4. The standard InChI is InChI=1S/C10H10F3NO4S2/c11-7-3-4-14(6-7)20(17,18)8-1-2-9(12)10(5-8)19(13,15)16/h1-2,5,7H,3-4,6H2/t7-/m0/s1. The zero-order valence-electron chi connectivity index (χ0n) is 9.96. The van der Waals surface area contributed by atoms with E-state index in [4.69, 9.17) is 0 Å². The molecule has 0 N–H and O–H groups in total. The summed E-state index contributed by atoms with van der Waals surface area (Å²) >= 11 is 0. The summed E-state index contributed by atoms with van der Waals surface area (Å²) in [5.74, 6) is -1.39. The fraction of sp³-hybridized carbons (Fsp3) is 0.400. The number of benzene rings is 1. The van der Waals surface area contributed by atoms with Crippen LogP contribution >= 0.6 is 0 Å². The van der Waals surface area contributed by atoms with Gasteiger partial charge in [-0.1, -0.05) is 0 Å². The molecule has 1 heterocycles. The Morgan fingerprint density at radius 1 is 1.20 bits per heavy atom. The highest BCUT2D eigenvalue weighted by Gasteiger charge is 2.33. The van der Waals surface area contributed by atoms with Gasteiger partial charge in [0.1, 0.15) is 16.9 Å². The molecule has 112 valence electrons. The lowest BCUT2D eigenvalue weighted by Gasteiger charge is -2.15. The van der Waals surface area contributed by atoms with E-state index in [9.17, 15) is 29.5 Å². The third-order valence-electron chi connectivity index (χ3n) is 2.90. The van der Waals surface area contributed by atoms with Crippen LogP contribution < -0.4 is 0 Å². The van der Waals surface area contributed by atoms with Gasteiger partial charge in [-0.25, -0.2) is 17.2 Å². The van der Waals surface area contributed by atoms with E-state index in [1.54, 1.807) is 0 Å². The van der Waals surface area contributed by atoms with Gasteiger partial charge in [-0.15, -0.1) is 3.89 Å². The van der Waals surface area contributed by atoms with Gasteiger partial charge in [0, 0.05) is 13.1 Å². The summed E-state index contributed by atoms with van der Waals surface area (Å²) in [6, 6.07) is 1.75. The van der Waals surface area contributed by atoms with Crippen LogP contribution in [0.3, 0.4) is 0 Å². The molecule has 0 amide bonds. The molecule has 0 saturated carbocycles. The van der Waals surface area contributed by atoms with Crippen LogP contribution in [0.4, 0.5) is 12.7 Å². The summed E-state index contributed by atoms with van der Waals surface area (Å²) in [6.07, 6.45) is -1.29. The van der Waals surface area contributed by atoms with Crippen molar-refractivity contribution in [3.63, 3.8) is 0 Å². The predicted molar refractivity (Wildman–Crippen MR) is 63.0 cm³/mol. The third-order valence-corrected chi connectivity index (χ3v) is 5.60. The first-order chi connectivity index (χ1) is 9.12. The quantitative estimate of drug-likeness (QED) is 0.782. The SMILES string of the molecule is O=S(=O)(F)c1cc(S(=O)(=O)N2CC[C@H](F)C2)ccc1F. The van der Waals surface area contributed by atoms with Crippen LogP contribution in [0.15, 0.2) is 28.0 Å². The smallest absolute Gasteiger partial charge is 0.246 e. The summed E-state index contributed by atoms with van der Waals surface area (Å²) < 4.78 is 85.5. The maximum absolute atomic E-state index is 13.2. The molecule has 10 heteroatoms. The Kier molecular flexibility index (Phi) is 3.82. The van der Waals surface area contributed by atoms with E-state index >= 15 is 0 Å². The molecule has 1 aliphatic heterocycles. The van der Waals surface area contributed by atoms with Crippen LogP contribution in [0.1, 0.15) is 6.42 Å². The highest BCUT2D eigenvalue weighted by atomic mass is 32.3. The van der Waals surface area contributed by atoms with Crippen LogP contribution in [0.2, 0.25) is 0 Å². The molecule has 1 aromatic rings. The van der Waals surface area contributed by atoms with Crippen LogP contribution in [0.25, 0.3) is 0 Å². The van der Waals surface area contributed by atoms with Crippen LogP contribution in [0, 0.1) is 5.82 Å². The molecule has 0 aliphatic carbocycles. The van der Waals surface area contributed by atoms with Crippen molar-refractivity contribution < 1.29 is 29.5 Å². The third kappa shape index (κ3) is 2.81. The monoisotopic (exact) mass is 329 g/mol. The highest BCUT2D eigenvalue weighted by Crippen LogP contribution is 2.26. The zero-order valence-corrected chi connectivity index (χ0v) is 11.6. The van der Waals surface area contributed by atoms with Crippen molar-refractivity contribution in [2.75, 3.05) is 13.1 Å². The molecule has 20 heavy (non-hydrogen) atoms. The molecule has 1 atom stereocenters. The van der Waals surface area contributed by atoms with Gasteiger partial charge in [0.2, 0.25) is 10.0 Å². The maximum Gasteiger partial charge on any atom is 0.335 e. The van der Waals surface area contributed by atoms with Crippen molar-refractivity contribution in [1.29, 1.82) is 0 Å². The fourth-order valence-corrected chi connectivity index (χ4v) is 4.04. The second-order valence-corrected chi connectivity index (χ2v) is 7.53.